The molecule has 198 valence electrons. The minimum absolute atomic E-state index is 0.0320. The van der Waals surface area contributed by atoms with E-state index < -0.39 is 17.7 Å². The average molecular weight is 541 g/mol. The van der Waals surface area contributed by atoms with Crippen molar-refractivity contribution in [1.29, 1.82) is 0 Å². The SMILES string of the molecule is CCCOc1ccc(C2/C(=C(/O)c3ccc4c(c3)CC(C)O4)C(=O)C(=O)N2c2nc3ccc(C)cc3s2)cc1. The van der Waals surface area contributed by atoms with E-state index in [4.69, 9.17) is 14.5 Å². The molecule has 1 fully saturated rings. The minimum atomic E-state index is -0.852. The molecule has 7 nitrogen and oxygen atoms in total. The van der Waals surface area contributed by atoms with Crippen LogP contribution < -0.4 is 14.4 Å². The number of nitrogens with zero attached hydrogens (tertiary/aromatic N) is 2. The summed E-state index contributed by atoms with van der Waals surface area (Å²) in [4.78, 5) is 33.3. The molecule has 0 saturated carbocycles. The highest BCUT2D eigenvalue weighted by molar-refractivity contribution is 7.22. The second-order valence-corrected chi connectivity index (χ2v) is 11.0. The number of ether oxygens (including phenoxy) is 2. The van der Waals surface area contributed by atoms with Crippen LogP contribution in [0.25, 0.3) is 16.0 Å². The number of amides is 1. The number of carbonyl (C=O) groups is 2. The Labute approximate surface area is 230 Å². The first kappa shape index (κ1) is 25.1. The first-order valence-electron chi connectivity index (χ1n) is 13.0. The summed E-state index contributed by atoms with van der Waals surface area (Å²) in [5.74, 6) is -0.221. The van der Waals surface area contributed by atoms with E-state index in [-0.39, 0.29) is 17.4 Å². The molecule has 2 unspecified atom stereocenters. The van der Waals surface area contributed by atoms with Gasteiger partial charge in [-0.3, -0.25) is 14.5 Å². The van der Waals surface area contributed by atoms with Crippen LogP contribution >= 0.6 is 11.3 Å². The molecule has 2 aliphatic rings. The van der Waals surface area contributed by atoms with Gasteiger partial charge in [-0.15, -0.1) is 0 Å². The monoisotopic (exact) mass is 540 g/mol. The van der Waals surface area contributed by atoms with Crippen LogP contribution in [0.5, 0.6) is 11.5 Å². The van der Waals surface area contributed by atoms with Gasteiger partial charge in [-0.2, -0.15) is 0 Å². The van der Waals surface area contributed by atoms with Crippen molar-refractivity contribution in [1.82, 2.24) is 4.98 Å². The second kappa shape index (κ2) is 9.85. The van der Waals surface area contributed by atoms with Crippen molar-refractivity contribution in [2.24, 2.45) is 0 Å². The molecule has 0 radical (unpaired) electrons. The van der Waals surface area contributed by atoms with E-state index in [1.54, 1.807) is 12.1 Å². The van der Waals surface area contributed by atoms with E-state index in [0.29, 0.717) is 35.0 Å². The van der Waals surface area contributed by atoms with E-state index in [9.17, 15) is 14.7 Å². The Bertz CT molecular complexity index is 1640. The summed E-state index contributed by atoms with van der Waals surface area (Å²) in [6, 6.07) is 17.7. The van der Waals surface area contributed by atoms with Crippen LogP contribution in [0.4, 0.5) is 5.13 Å². The molecule has 3 heterocycles. The molecule has 1 amide bonds. The van der Waals surface area contributed by atoms with Gasteiger partial charge >= 0.3 is 5.91 Å². The van der Waals surface area contributed by atoms with Gasteiger partial charge in [0, 0.05) is 12.0 Å². The van der Waals surface area contributed by atoms with E-state index in [2.05, 4.69) is 0 Å². The van der Waals surface area contributed by atoms with Crippen molar-refractivity contribution in [2.75, 3.05) is 11.5 Å². The highest BCUT2D eigenvalue weighted by Crippen LogP contribution is 2.45. The van der Waals surface area contributed by atoms with Crippen LogP contribution in [0.2, 0.25) is 0 Å². The fraction of sp³-hybridized carbons (Fsp3) is 0.258. The van der Waals surface area contributed by atoms with Crippen molar-refractivity contribution in [3.63, 3.8) is 0 Å². The zero-order chi connectivity index (χ0) is 27.3. The molecule has 6 rings (SSSR count). The number of aliphatic hydroxyl groups excluding tert-OH is 1. The van der Waals surface area contributed by atoms with Crippen molar-refractivity contribution < 1.29 is 24.2 Å². The van der Waals surface area contributed by atoms with Gasteiger partial charge in [-0.05, 0) is 79.4 Å². The number of hydrogen-bond donors (Lipinski definition) is 1. The summed E-state index contributed by atoms with van der Waals surface area (Å²) in [5.41, 5.74) is 3.96. The Kier molecular flexibility index (Phi) is 6.35. The van der Waals surface area contributed by atoms with Crippen LogP contribution in [-0.4, -0.2) is 34.5 Å². The van der Waals surface area contributed by atoms with Crippen molar-refractivity contribution in [3.8, 4) is 11.5 Å². The summed E-state index contributed by atoms with van der Waals surface area (Å²) in [6.45, 7) is 6.60. The predicted molar refractivity (Wildman–Crippen MR) is 152 cm³/mol. The summed E-state index contributed by atoms with van der Waals surface area (Å²) in [6.07, 6.45) is 1.63. The number of benzene rings is 3. The third-order valence-electron chi connectivity index (χ3n) is 7.02. The number of aryl methyl sites for hydroxylation is 1. The molecular weight excluding hydrogens is 512 g/mol. The smallest absolute Gasteiger partial charge is 0.301 e. The molecule has 8 heteroatoms. The fourth-order valence-electron chi connectivity index (χ4n) is 5.16. The number of anilines is 1. The molecule has 1 N–H and O–H groups in total. The summed E-state index contributed by atoms with van der Waals surface area (Å²) >= 11 is 1.35. The number of hydrogen-bond acceptors (Lipinski definition) is 7. The zero-order valence-electron chi connectivity index (χ0n) is 21.9. The van der Waals surface area contributed by atoms with Gasteiger partial charge in [0.2, 0.25) is 0 Å². The number of aromatic nitrogens is 1. The molecule has 1 saturated heterocycles. The van der Waals surface area contributed by atoms with E-state index >= 15 is 0 Å². The van der Waals surface area contributed by atoms with Crippen LogP contribution in [0.15, 0.2) is 66.2 Å². The van der Waals surface area contributed by atoms with Gasteiger partial charge in [-0.25, -0.2) is 4.98 Å². The molecule has 1 aromatic heterocycles. The van der Waals surface area contributed by atoms with Crippen molar-refractivity contribution in [2.45, 2.75) is 45.8 Å². The fourth-order valence-corrected chi connectivity index (χ4v) is 6.25. The quantitative estimate of drug-likeness (QED) is 0.174. The van der Waals surface area contributed by atoms with Crippen molar-refractivity contribution >= 4 is 44.1 Å². The number of ketones is 1. The van der Waals surface area contributed by atoms with E-state index in [1.165, 1.54) is 16.2 Å². The Morgan fingerprint density at radius 3 is 2.69 bits per heavy atom. The molecule has 2 atom stereocenters. The lowest BCUT2D eigenvalue weighted by molar-refractivity contribution is -0.132. The third kappa shape index (κ3) is 4.44. The topological polar surface area (TPSA) is 89.0 Å². The molecule has 3 aromatic carbocycles. The Morgan fingerprint density at radius 2 is 1.92 bits per heavy atom. The first-order valence-corrected chi connectivity index (χ1v) is 13.9. The largest absolute Gasteiger partial charge is 0.507 e. The van der Waals surface area contributed by atoms with Gasteiger partial charge < -0.3 is 14.6 Å². The van der Waals surface area contributed by atoms with Crippen LogP contribution in [0, 0.1) is 6.92 Å². The molecule has 0 bridgehead atoms. The Morgan fingerprint density at radius 1 is 1.13 bits per heavy atom. The maximum Gasteiger partial charge on any atom is 0.301 e. The minimum Gasteiger partial charge on any atom is -0.507 e. The summed E-state index contributed by atoms with van der Waals surface area (Å²) < 4.78 is 12.5. The number of Topliss-reactive ketones (excluding diaryl/α,β-unsaturated/α-hetero) is 1. The van der Waals surface area contributed by atoms with E-state index in [1.807, 2.05) is 69.3 Å². The first-order chi connectivity index (χ1) is 18.8. The lowest BCUT2D eigenvalue weighted by Crippen LogP contribution is -2.29. The Balaban J connectivity index is 1.49. The number of thiazole rings is 1. The molecule has 0 spiro atoms. The third-order valence-corrected chi connectivity index (χ3v) is 8.04. The van der Waals surface area contributed by atoms with Crippen LogP contribution in [0.3, 0.4) is 0 Å². The molecule has 2 aliphatic heterocycles. The molecular formula is C31H28N2O5S. The maximum absolute atomic E-state index is 13.6. The number of rotatable bonds is 6. The predicted octanol–water partition coefficient (Wildman–Crippen LogP) is 6.34. The number of fused-ring (bicyclic) bond motifs is 2. The van der Waals surface area contributed by atoms with Crippen molar-refractivity contribution in [3.05, 3.63) is 88.5 Å². The lowest BCUT2D eigenvalue weighted by Gasteiger charge is -2.23. The maximum atomic E-state index is 13.6. The van der Waals surface area contributed by atoms with Gasteiger partial charge in [0.05, 0.1) is 28.4 Å². The summed E-state index contributed by atoms with van der Waals surface area (Å²) in [5, 5.41) is 12.0. The van der Waals surface area contributed by atoms with Gasteiger partial charge in [0.1, 0.15) is 23.4 Å². The zero-order valence-corrected chi connectivity index (χ0v) is 22.7. The van der Waals surface area contributed by atoms with Gasteiger partial charge in [0.25, 0.3) is 5.78 Å². The number of aliphatic hydroxyl groups is 1. The van der Waals surface area contributed by atoms with Crippen LogP contribution in [-0.2, 0) is 16.0 Å². The molecule has 0 aliphatic carbocycles. The highest BCUT2D eigenvalue weighted by atomic mass is 32.1. The van der Waals surface area contributed by atoms with E-state index in [0.717, 1.165) is 33.5 Å². The molecule has 39 heavy (non-hydrogen) atoms. The van der Waals surface area contributed by atoms with Gasteiger partial charge in [0.15, 0.2) is 5.13 Å². The highest BCUT2D eigenvalue weighted by Gasteiger charge is 2.48. The number of carbonyl (C=O) groups excluding carboxylic acids is 2. The normalized spacial score (nSPS) is 19.9. The summed E-state index contributed by atoms with van der Waals surface area (Å²) in [7, 11) is 0. The van der Waals surface area contributed by atoms with Crippen LogP contribution in [0.1, 0.15) is 48.6 Å². The average Bonchev–Trinajstić information content (AvgIpc) is 3.59. The van der Waals surface area contributed by atoms with Gasteiger partial charge in [-0.1, -0.05) is 36.5 Å². The second-order valence-electron chi connectivity index (χ2n) is 10.0. The standard InChI is InChI=1S/C31H28N2O5S/c1-4-13-37-22-9-6-19(7-10-22)27-26(28(34)20-8-12-24-21(16-20)15-18(3)38-24)29(35)30(36)33(27)31-32-23-11-5-17(2)14-25(23)39-31/h5-12,14,16,18,27,34H,4,13,15H2,1-3H3/b28-26-. The Hall–Kier alpha value is -4.17. The lowest BCUT2D eigenvalue weighted by atomic mass is 9.94. The molecule has 4 aromatic rings.